The molecular weight excluding hydrogens is 172 g/mol. The Labute approximate surface area is 85.9 Å². The molecule has 0 amide bonds. The molecule has 0 unspecified atom stereocenters. The lowest BCUT2D eigenvalue weighted by molar-refractivity contribution is 0.744. The minimum absolute atomic E-state index is 0.962. The van der Waals surface area contributed by atoms with Crippen LogP contribution in [0.4, 0.5) is 5.69 Å². The van der Waals surface area contributed by atoms with Crippen LogP contribution in [0.3, 0.4) is 0 Å². The zero-order valence-electron chi connectivity index (χ0n) is 8.72. The third kappa shape index (κ3) is 3.21. The molecule has 0 aromatic heterocycles. The summed E-state index contributed by atoms with van der Waals surface area (Å²) >= 11 is 0. The average Bonchev–Trinajstić information content (AvgIpc) is 2.25. The molecule has 2 nitrogen and oxygen atoms in total. The molecule has 2 heteroatoms. The van der Waals surface area contributed by atoms with Crippen LogP contribution in [-0.2, 0) is 0 Å². The van der Waals surface area contributed by atoms with E-state index in [4.69, 9.17) is 5.41 Å². The molecule has 1 aromatic carbocycles. The maximum atomic E-state index is 7.24. The smallest absolute Gasteiger partial charge is 0.0429 e. The molecule has 0 aliphatic rings. The first-order valence-electron chi connectivity index (χ1n) is 5.22. The van der Waals surface area contributed by atoms with E-state index >= 15 is 0 Å². The summed E-state index contributed by atoms with van der Waals surface area (Å²) in [5.41, 5.74) is 2.03. The second-order valence-corrected chi connectivity index (χ2v) is 3.37. The molecule has 0 aliphatic carbocycles. The van der Waals surface area contributed by atoms with Gasteiger partial charge in [0.1, 0.15) is 0 Å². The zero-order valence-corrected chi connectivity index (χ0v) is 8.72. The number of anilines is 1. The first-order valence-corrected chi connectivity index (χ1v) is 5.22. The van der Waals surface area contributed by atoms with Gasteiger partial charge in [-0.2, -0.15) is 0 Å². The van der Waals surface area contributed by atoms with Crippen molar-refractivity contribution in [3.05, 3.63) is 29.8 Å². The maximum absolute atomic E-state index is 7.24. The van der Waals surface area contributed by atoms with E-state index < -0.39 is 0 Å². The van der Waals surface area contributed by atoms with Crippen LogP contribution in [0.15, 0.2) is 24.3 Å². The van der Waals surface area contributed by atoms with Crippen LogP contribution in [0.5, 0.6) is 0 Å². The van der Waals surface area contributed by atoms with Gasteiger partial charge in [0.05, 0.1) is 0 Å². The summed E-state index contributed by atoms with van der Waals surface area (Å²) in [6.45, 7) is 3.20. The topological polar surface area (TPSA) is 35.9 Å². The molecule has 0 spiro atoms. The minimum Gasteiger partial charge on any atom is -0.385 e. The summed E-state index contributed by atoms with van der Waals surface area (Å²) < 4.78 is 0. The fraction of sp³-hybridized carbons (Fsp3) is 0.417. The minimum atomic E-state index is 0.962. The summed E-state index contributed by atoms with van der Waals surface area (Å²) in [5.74, 6) is 0. The molecule has 0 aliphatic heterocycles. The van der Waals surface area contributed by atoms with Crippen molar-refractivity contribution in [1.82, 2.24) is 0 Å². The number of benzene rings is 1. The summed E-state index contributed by atoms with van der Waals surface area (Å²) in [7, 11) is 0. The fourth-order valence-electron chi connectivity index (χ4n) is 1.38. The van der Waals surface area contributed by atoms with Gasteiger partial charge >= 0.3 is 0 Å². The predicted molar refractivity (Wildman–Crippen MR) is 62.3 cm³/mol. The highest BCUT2D eigenvalue weighted by Gasteiger charge is 1.96. The number of rotatable bonds is 6. The van der Waals surface area contributed by atoms with Gasteiger partial charge in [0, 0.05) is 24.0 Å². The third-order valence-corrected chi connectivity index (χ3v) is 2.21. The quantitative estimate of drug-likeness (QED) is 0.524. The molecule has 0 heterocycles. The molecule has 14 heavy (non-hydrogen) atoms. The highest BCUT2D eigenvalue weighted by molar-refractivity contribution is 5.85. The van der Waals surface area contributed by atoms with Crippen LogP contribution in [0.1, 0.15) is 31.7 Å². The van der Waals surface area contributed by atoms with Crippen molar-refractivity contribution < 1.29 is 0 Å². The van der Waals surface area contributed by atoms with Gasteiger partial charge in [0.25, 0.3) is 0 Å². The van der Waals surface area contributed by atoms with Crippen molar-refractivity contribution in [1.29, 1.82) is 5.41 Å². The standard InChI is InChI=1S/C12H18N2/c1-2-3-6-9-14-12-8-5-4-7-11(12)10-13/h4-5,7-8,10,13-14H,2-3,6,9H2,1H3. The Kier molecular flexibility index (Phi) is 4.76. The number of para-hydroxylation sites is 1. The molecule has 0 saturated carbocycles. The lowest BCUT2D eigenvalue weighted by Gasteiger charge is -2.08. The van der Waals surface area contributed by atoms with Gasteiger partial charge in [-0.1, -0.05) is 38.0 Å². The van der Waals surface area contributed by atoms with Gasteiger partial charge in [0.2, 0.25) is 0 Å². The van der Waals surface area contributed by atoms with Crippen LogP contribution in [0.25, 0.3) is 0 Å². The molecule has 0 bridgehead atoms. The normalized spacial score (nSPS) is 9.79. The summed E-state index contributed by atoms with van der Waals surface area (Å²) in [5, 5.41) is 10.6. The molecule has 1 aromatic rings. The SMILES string of the molecule is CCCCCNc1ccccc1C=N. The number of unbranched alkanes of at least 4 members (excludes halogenated alkanes) is 2. The predicted octanol–water partition coefficient (Wildman–Crippen LogP) is 3.29. The highest BCUT2D eigenvalue weighted by atomic mass is 14.9. The Morgan fingerprint density at radius 1 is 1.29 bits per heavy atom. The van der Waals surface area contributed by atoms with Crippen LogP contribution in [0, 0.1) is 5.41 Å². The first kappa shape index (κ1) is 10.8. The largest absolute Gasteiger partial charge is 0.385 e. The van der Waals surface area contributed by atoms with Gasteiger partial charge < -0.3 is 10.7 Å². The van der Waals surface area contributed by atoms with Crippen molar-refractivity contribution in [3.8, 4) is 0 Å². The van der Waals surface area contributed by atoms with E-state index in [0.29, 0.717) is 0 Å². The van der Waals surface area contributed by atoms with Gasteiger partial charge in [0.15, 0.2) is 0 Å². The Morgan fingerprint density at radius 2 is 2.07 bits per heavy atom. The van der Waals surface area contributed by atoms with Crippen LogP contribution >= 0.6 is 0 Å². The van der Waals surface area contributed by atoms with Gasteiger partial charge in [-0.3, -0.25) is 0 Å². The first-order chi connectivity index (χ1) is 6.88. The van der Waals surface area contributed by atoms with E-state index in [2.05, 4.69) is 12.2 Å². The Morgan fingerprint density at radius 3 is 2.79 bits per heavy atom. The summed E-state index contributed by atoms with van der Waals surface area (Å²) in [6.07, 6.45) is 5.10. The molecule has 0 radical (unpaired) electrons. The van der Waals surface area contributed by atoms with Gasteiger partial charge in [-0.25, -0.2) is 0 Å². The highest BCUT2D eigenvalue weighted by Crippen LogP contribution is 2.12. The van der Waals surface area contributed by atoms with Crippen molar-refractivity contribution >= 4 is 11.9 Å². The van der Waals surface area contributed by atoms with Crippen molar-refractivity contribution in [2.45, 2.75) is 26.2 Å². The monoisotopic (exact) mass is 190 g/mol. The fourth-order valence-corrected chi connectivity index (χ4v) is 1.38. The van der Waals surface area contributed by atoms with Gasteiger partial charge in [-0.05, 0) is 12.5 Å². The third-order valence-electron chi connectivity index (χ3n) is 2.21. The van der Waals surface area contributed by atoms with Gasteiger partial charge in [-0.15, -0.1) is 0 Å². The zero-order chi connectivity index (χ0) is 10.2. The molecular formula is C12H18N2. The van der Waals surface area contributed by atoms with E-state index in [-0.39, 0.29) is 0 Å². The second kappa shape index (κ2) is 6.19. The number of nitrogens with one attached hydrogen (secondary N) is 2. The number of hydrogen-bond donors (Lipinski definition) is 2. The maximum Gasteiger partial charge on any atom is 0.0429 e. The average molecular weight is 190 g/mol. The van der Waals surface area contributed by atoms with E-state index in [9.17, 15) is 0 Å². The van der Waals surface area contributed by atoms with Crippen molar-refractivity contribution in [3.63, 3.8) is 0 Å². The van der Waals surface area contributed by atoms with Crippen molar-refractivity contribution in [2.75, 3.05) is 11.9 Å². The Balaban J connectivity index is 2.45. The molecule has 0 fully saturated rings. The van der Waals surface area contributed by atoms with E-state index in [1.807, 2.05) is 24.3 Å². The van der Waals surface area contributed by atoms with Crippen LogP contribution in [-0.4, -0.2) is 12.8 Å². The van der Waals surface area contributed by atoms with Crippen LogP contribution in [0.2, 0.25) is 0 Å². The summed E-state index contributed by atoms with van der Waals surface area (Å²) in [4.78, 5) is 0. The number of hydrogen-bond acceptors (Lipinski definition) is 2. The van der Waals surface area contributed by atoms with E-state index in [1.165, 1.54) is 25.5 Å². The van der Waals surface area contributed by atoms with Crippen molar-refractivity contribution in [2.24, 2.45) is 0 Å². The molecule has 0 saturated heterocycles. The lowest BCUT2D eigenvalue weighted by Crippen LogP contribution is -2.03. The second-order valence-electron chi connectivity index (χ2n) is 3.37. The summed E-state index contributed by atoms with van der Waals surface area (Å²) in [6, 6.07) is 7.92. The Hall–Kier alpha value is -1.31. The lowest BCUT2D eigenvalue weighted by atomic mass is 10.2. The Bertz CT molecular complexity index is 281. The molecule has 1 rings (SSSR count). The molecule has 76 valence electrons. The molecule has 2 N–H and O–H groups in total. The molecule has 0 atom stereocenters. The van der Waals surface area contributed by atoms with E-state index in [1.54, 1.807) is 0 Å². The van der Waals surface area contributed by atoms with Crippen LogP contribution < -0.4 is 5.32 Å². The van der Waals surface area contributed by atoms with E-state index in [0.717, 1.165) is 17.8 Å².